The molecule has 0 aliphatic heterocycles. The molecule has 0 aromatic carbocycles. The number of carbonyl (C=O) groups excluding carboxylic acids is 1. The van der Waals surface area contributed by atoms with E-state index >= 15 is 0 Å². The van der Waals surface area contributed by atoms with Crippen molar-refractivity contribution in [2.24, 2.45) is 0 Å². The first-order valence-electron chi connectivity index (χ1n) is 6.60. The molecule has 0 aliphatic rings. The molecular weight excluding hydrogens is 248 g/mol. The van der Waals surface area contributed by atoms with Gasteiger partial charge in [-0.15, -0.1) is 0 Å². The third kappa shape index (κ3) is 8.44. The molecule has 0 aromatic rings. The first-order chi connectivity index (χ1) is 8.51. The van der Waals surface area contributed by atoms with Crippen molar-refractivity contribution in [1.29, 1.82) is 0 Å². The Kier molecular flexibility index (Phi) is 9.91. The highest BCUT2D eigenvalue weighted by molar-refractivity contribution is 6.36. The van der Waals surface area contributed by atoms with Gasteiger partial charge in [0.25, 0.3) is 0 Å². The Morgan fingerprint density at radius 1 is 1.28 bits per heavy atom. The molecule has 0 aliphatic carbocycles. The van der Waals surface area contributed by atoms with E-state index in [-0.39, 0.29) is 18.0 Å². The molecule has 0 bridgehead atoms. The second-order valence-corrected chi connectivity index (χ2v) is 6.22. The Morgan fingerprint density at radius 3 is 2.28 bits per heavy atom. The number of ether oxygens (including phenoxy) is 3. The summed E-state index contributed by atoms with van der Waals surface area (Å²) < 4.78 is 16.2. The van der Waals surface area contributed by atoms with E-state index in [2.05, 4.69) is 6.58 Å². The molecule has 1 atom stereocenters. The van der Waals surface area contributed by atoms with Crippen molar-refractivity contribution in [3.8, 4) is 0 Å². The van der Waals surface area contributed by atoms with Crippen LogP contribution in [0.5, 0.6) is 0 Å². The lowest BCUT2D eigenvalue weighted by atomic mass is 10.3. The van der Waals surface area contributed by atoms with Gasteiger partial charge in [0.05, 0.1) is 15.6 Å². The highest BCUT2D eigenvalue weighted by Gasteiger charge is 2.13. The highest BCUT2D eigenvalue weighted by Crippen LogP contribution is 2.07. The molecule has 0 saturated carbocycles. The molecule has 0 rings (SSSR count). The third-order valence-electron chi connectivity index (χ3n) is 2.41. The lowest BCUT2D eigenvalue weighted by molar-refractivity contribution is -0.143. The van der Waals surface area contributed by atoms with E-state index in [1.165, 1.54) is 0 Å². The first-order valence-corrected chi connectivity index (χ1v) is 8.42. The Balaban J connectivity index is 3.80. The normalized spacial score (nSPS) is 13.2. The van der Waals surface area contributed by atoms with E-state index in [0.717, 1.165) is 12.5 Å². The SMILES string of the molecule is C=C(C)C(=O)OC(C)CC[SiH2]C(OCC)OCC. The summed E-state index contributed by atoms with van der Waals surface area (Å²) in [6.07, 6.45) is 0.799. The number of esters is 1. The van der Waals surface area contributed by atoms with Crippen LogP contribution in [0, 0.1) is 0 Å². The lowest BCUT2D eigenvalue weighted by Gasteiger charge is -2.18. The second kappa shape index (κ2) is 10.3. The zero-order chi connectivity index (χ0) is 14.0. The van der Waals surface area contributed by atoms with Crippen LogP contribution in [0.15, 0.2) is 12.2 Å². The van der Waals surface area contributed by atoms with E-state index in [9.17, 15) is 4.79 Å². The van der Waals surface area contributed by atoms with Crippen LogP contribution in [0.25, 0.3) is 0 Å². The van der Waals surface area contributed by atoms with Crippen molar-refractivity contribution in [1.82, 2.24) is 0 Å². The Bertz CT molecular complexity index is 249. The van der Waals surface area contributed by atoms with Gasteiger partial charge in [0.1, 0.15) is 5.91 Å². The fraction of sp³-hybridized carbons (Fsp3) is 0.769. The number of hydrogen-bond donors (Lipinski definition) is 0. The van der Waals surface area contributed by atoms with Gasteiger partial charge in [-0.05, 0) is 34.1 Å². The van der Waals surface area contributed by atoms with Gasteiger partial charge in [-0.1, -0.05) is 12.6 Å². The summed E-state index contributed by atoms with van der Waals surface area (Å²) in [5.41, 5.74) is 0.445. The van der Waals surface area contributed by atoms with Crippen LogP contribution in [0.1, 0.15) is 34.1 Å². The zero-order valence-electron chi connectivity index (χ0n) is 12.0. The predicted octanol–water partition coefficient (Wildman–Crippen LogP) is 1.83. The fourth-order valence-corrected chi connectivity index (χ4v) is 3.45. The van der Waals surface area contributed by atoms with Crippen LogP contribution in [0.4, 0.5) is 0 Å². The molecule has 18 heavy (non-hydrogen) atoms. The molecular formula is C13H26O4Si. The van der Waals surface area contributed by atoms with Gasteiger partial charge in [-0.3, -0.25) is 0 Å². The minimum Gasteiger partial charge on any atom is -0.459 e. The van der Waals surface area contributed by atoms with E-state index in [1.807, 2.05) is 20.8 Å². The van der Waals surface area contributed by atoms with E-state index in [0.29, 0.717) is 18.8 Å². The molecule has 0 radical (unpaired) electrons. The van der Waals surface area contributed by atoms with Crippen molar-refractivity contribution in [2.45, 2.75) is 52.2 Å². The molecule has 4 nitrogen and oxygen atoms in total. The predicted molar refractivity (Wildman–Crippen MR) is 75.4 cm³/mol. The summed E-state index contributed by atoms with van der Waals surface area (Å²) in [5, 5.41) is 0. The summed E-state index contributed by atoms with van der Waals surface area (Å²) >= 11 is 0. The lowest BCUT2D eigenvalue weighted by Crippen LogP contribution is -2.25. The van der Waals surface area contributed by atoms with Crippen molar-refractivity contribution >= 4 is 15.5 Å². The molecule has 0 amide bonds. The summed E-state index contributed by atoms with van der Waals surface area (Å²) in [7, 11) is -0.451. The summed E-state index contributed by atoms with van der Waals surface area (Å²) in [4.78, 5) is 11.3. The van der Waals surface area contributed by atoms with Crippen LogP contribution >= 0.6 is 0 Å². The minimum absolute atomic E-state index is 0.0101. The van der Waals surface area contributed by atoms with Crippen LogP contribution in [-0.4, -0.2) is 40.7 Å². The van der Waals surface area contributed by atoms with E-state index in [1.54, 1.807) is 6.92 Å². The minimum atomic E-state index is -0.451. The molecule has 0 heterocycles. The largest absolute Gasteiger partial charge is 0.459 e. The van der Waals surface area contributed by atoms with Gasteiger partial charge in [0, 0.05) is 18.8 Å². The maximum atomic E-state index is 11.3. The monoisotopic (exact) mass is 274 g/mol. The molecule has 0 N–H and O–H groups in total. The number of hydrogen-bond acceptors (Lipinski definition) is 4. The van der Waals surface area contributed by atoms with Gasteiger partial charge >= 0.3 is 5.97 Å². The molecule has 1 unspecified atom stereocenters. The molecule has 0 fully saturated rings. The van der Waals surface area contributed by atoms with Crippen molar-refractivity contribution in [2.75, 3.05) is 13.2 Å². The van der Waals surface area contributed by atoms with Crippen LogP contribution in [0.2, 0.25) is 6.04 Å². The number of rotatable bonds is 10. The second-order valence-electron chi connectivity index (χ2n) is 4.27. The van der Waals surface area contributed by atoms with Gasteiger partial charge in [-0.25, -0.2) is 4.79 Å². The summed E-state index contributed by atoms with van der Waals surface area (Å²) in [6.45, 7) is 12.4. The van der Waals surface area contributed by atoms with Gasteiger partial charge in [-0.2, -0.15) is 0 Å². The van der Waals surface area contributed by atoms with Crippen molar-refractivity contribution in [3.05, 3.63) is 12.2 Å². The van der Waals surface area contributed by atoms with Crippen molar-refractivity contribution < 1.29 is 19.0 Å². The summed E-state index contributed by atoms with van der Waals surface area (Å²) in [6, 6.07) is 1.04. The average molecular weight is 274 g/mol. The molecule has 0 saturated heterocycles. The Labute approximate surface area is 113 Å². The Morgan fingerprint density at radius 2 is 1.83 bits per heavy atom. The molecule has 0 aromatic heterocycles. The topological polar surface area (TPSA) is 44.8 Å². The van der Waals surface area contributed by atoms with E-state index < -0.39 is 9.52 Å². The molecule has 106 valence electrons. The Hall–Kier alpha value is -0.653. The zero-order valence-corrected chi connectivity index (χ0v) is 13.4. The van der Waals surface area contributed by atoms with Crippen LogP contribution < -0.4 is 0 Å². The van der Waals surface area contributed by atoms with Gasteiger partial charge < -0.3 is 14.2 Å². The number of carbonyl (C=O) groups is 1. The first kappa shape index (κ1) is 17.3. The molecule has 0 spiro atoms. The molecule has 5 heteroatoms. The fourth-order valence-electron chi connectivity index (χ4n) is 1.50. The smallest absolute Gasteiger partial charge is 0.333 e. The average Bonchev–Trinajstić information content (AvgIpc) is 2.29. The quantitative estimate of drug-likeness (QED) is 0.264. The van der Waals surface area contributed by atoms with Crippen LogP contribution in [-0.2, 0) is 19.0 Å². The van der Waals surface area contributed by atoms with E-state index in [4.69, 9.17) is 14.2 Å². The maximum absolute atomic E-state index is 11.3. The maximum Gasteiger partial charge on any atom is 0.333 e. The summed E-state index contributed by atoms with van der Waals surface area (Å²) in [5.74, 6) is -0.320. The van der Waals surface area contributed by atoms with Gasteiger partial charge in [0.2, 0.25) is 0 Å². The van der Waals surface area contributed by atoms with Crippen molar-refractivity contribution in [3.63, 3.8) is 0 Å². The van der Waals surface area contributed by atoms with Gasteiger partial charge in [0.15, 0.2) is 0 Å². The third-order valence-corrected chi connectivity index (χ3v) is 4.17. The standard InChI is InChI=1S/C13H26O4Si/c1-6-15-13(16-7-2)18-9-8-11(5)17-12(14)10(3)4/h11,13H,3,6-9,18H2,1-2,4-5H3. The highest BCUT2D eigenvalue weighted by atomic mass is 28.2. The van der Waals surface area contributed by atoms with Crippen LogP contribution in [0.3, 0.4) is 0 Å².